The zero-order valence-electron chi connectivity index (χ0n) is 16.3. The Balaban J connectivity index is 1.89. The molecule has 8 nitrogen and oxygen atoms in total. The second-order valence-electron chi connectivity index (χ2n) is 6.75. The van der Waals surface area contributed by atoms with Crippen LogP contribution in [0.1, 0.15) is 37.7 Å². The molecule has 0 radical (unpaired) electrons. The van der Waals surface area contributed by atoms with Crippen LogP contribution in [0.5, 0.6) is 17.2 Å². The van der Waals surface area contributed by atoms with Crippen molar-refractivity contribution < 1.29 is 30.0 Å². The summed E-state index contributed by atoms with van der Waals surface area (Å²) in [5, 5.41) is 38.2. The van der Waals surface area contributed by atoms with Gasteiger partial charge < -0.3 is 25.0 Å². The Kier molecular flexibility index (Phi) is 5.59. The number of phenolic OH excluding ortho intramolecular Hbond substituents is 3. The molecule has 30 heavy (non-hydrogen) atoms. The number of nitrogens with zero attached hydrogens (tertiary/aromatic N) is 2. The number of hydrogen-bond acceptors (Lipinski definition) is 6. The topological polar surface area (TPSA) is 132 Å². The van der Waals surface area contributed by atoms with Gasteiger partial charge in [0.2, 0.25) is 5.75 Å². The summed E-state index contributed by atoms with van der Waals surface area (Å²) in [4.78, 5) is 28.2. The quantitative estimate of drug-likeness (QED) is 0.281. The van der Waals surface area contributed by atoms with Gasteiger partial charge in [0.25, 0.3) is 0 Å². The second-order valence-corrected chi connectivity index (χ2v) is 6.75. The van der Waals surface area contributed by atoms with Crippen LogP contribution in [-0.2, 0) is 0 Å². The van der Waals surface area contributed by atoms with Crippen LogP contribution in [0.4, 0.5) is 0 Å². The summed E-state index contributed by atoms with van der Waals surface area (Å²) < 4.78 is 1.76. The average Bonchev–Trinajstić information content (AvgIpc) is 3.05. The fourth-order valence-corrected chi connectivity index (χ4v) is 3.13. The fourth-order valence-electron chi connectivity index (χ4n) is 3.13. The number of ketones is 1. The highest BCUT2D eigenvalue weighted by molar-refractivity contribution is 6.01. The van der Waals surface area contributed by atoms with Gasteiger partial charge in [-0.25, -0.2) is 4.79 Å². The summed E-state index contributed by atoms with van der Waals surface area (Å²) in [5.74, 6) is -3.14. The number of carbonyl (C=O) groups excluding carboxylic acids is 1. The Morgan fingerprint density at radius 2 is 1.63 bits per heavy atom. The molecule has 8 heteroatoms. The molecule has 0 atom stereocenters. The fraction of sp³-hybridized carbons (Fsp3) is 0.136. The SMILES string of the molecule is Cc1ccc(C)n1-c1cc(C(=O)CN=Cc2ccc(O)c(O)c2O)ccc1C(=O)O. The average molecular weight is 408 g/mol. The number of aryl methyl sites for hydroxylation is 2. The molecule has 1 aromatic heterocycles. The molecular weight excluding hydrogens is 388 g/mol. The first-order valence-electron chi connectivity index (χ1n) is 9.00. The molecule has 0 unspecified atom stereocenters. The number of hydrogen-bond donors (Lipinski definition) is 4. The van der Waals surface area contributed by atoms with Crippen molar-refractivity contribution in [3.05, 3.63) is 70.5 Å². The van der Waals surface area contributed by atoms with Crippen LogP contribution < -0.4 is 0 Å². The van der Waals surface area contributed by atoms with Crippen LogP contribution in [0.3, 0.4) is 0 Å². The van der Waals surface area contributed by atoms with Crippen LogP contribution in [-0.4, -0.2) is 49.5 Å². The minimum atomic E-state index is -1.10. The van der Waals surface area contributed by atoms with Crippen molar-refractivity contribution in [1.82, 2.24) is 4.57 Å². The van der Waals surface area contributed by atoms with E-state index < -0.39 is 23.2 Å². The van der Waals surface area contributed by atoms with Gasteiger partial charge in [-0.2, -0.15) is 0 Å². The van der Waals surface area contributed by atoms with Gasteiger partial charge in [0.1, 0.15) is 6.54 Å². The van der Waals surface area contributed by atoms with Gasteiger partial charge in [0, 0.05) is 28.7 Å². The van der Waals surface area contributed by atoms with E-state index in [1.165, 1.54) is 36.5 Å². The third kappa shape index (κ3) is 3.88. The zero-order chi connectivity index (χ0) is 22.0. The maximum Gasteiger partial charge on any atom is 0.337 e. The lowest BCUT2D eigenvalue weighted by Crippen LogP contribution is -2.11. The van der Waals surface area contributed by atoms with Gasteiger partial charge in [0.05, 0.1) is 11.3 Å². The van der Waals surface area contributed by atoms with E-state index in [2.05, 4.69) is 4.99 Å². The van der Waals surface area contributed by atoms with E-state index in [4.69, 9.17) is 0 Å². The highest BCUT2D eigenvalue weighted by Crippen LogP contribution is 2.36. The number of phenols is 3. The third-order valence-electron chi connectivity index (χ3n) is 4.69. The molecule has 0 aliphatic heterocycles. The lowest BCUT2D eigenvalue weighted by molar-refractivity contribution is 0.0696. The smallest absolute Gasteiger partial charge is 0.337 e. The molecule has 4 N–H and O–H groups in total. The van der Waals surface area contributed by atoms with Crippen LogP contribution in [0.2, 0.25) is 0 Å². The molecule has 2 aromatic carbocycles. The number of carboxylic acids is 1. The first-order valence-corrected chi connectivity index (χ1v) is 9.00. The number of aliphatic imine (C=N–C) groups is 1. The number of Topliss-reactive ketones (excluding diaryl/α,β-unsaturated/α-hetero) is 1. The minimum absolute atomic E-state index is 0.0712. The number of carboxylic acid groups (broad SMARTS) is 1. The highest BCUT2D eigenvalue weighted by atomic mass is 16.4. The van der Waals surface area contributed by atoms with Crippen LogP contribution >= 0.6 is 0 Å². The number of carbonyl (C=O) groups is 2. The van der Waals surface area contributed by atoms with Gasteiger partial charge in [-0.05, 0) is 50.2 Å². The molecule has 0 amide bonds. The molecule has 0 saturated heterocycles. The van der Waals surface area contributed by atoms with E-state index >= 15 is 0 Å². The standard InChI is InChI=1S/C22H20N2O6/c1-12-3-4-13(2)24(12)17-9-14(5-7-16(17)22(29)30)19(26)11-23-10-15-6-8-18(25)21(28)20(15)27/h3-10,25,27-28H,11H2,1-2H3,(H,29,30). The monoisotopic (exact) mass is 408 g/mol. The van der Waals surface area contributed by atoms with Crippen molar-refractivity contribution in [1.29, 1.82) is 0 Å². The number of aromatic carboxylic acids is 1. The van der Waals surface area contributed by atoms with Crippen molar-refractivity contribution in [2.45, 2.75) is 13.8 Å². The van der Waals surface area contributed by atoms with E-state index in [0.717, 1.165) is 11.4 Å². The zero-order valence-corrected chi connectivity index (χ0v) is 16.3. The Bertz CT molecular complexity index is 1160. The summed E-state index contributed by atoms with van der Waals surface area (Å²) in [6.45, 7) is 3.44. The molecule has 0 saturated carbocycles. The summed E-state index contributed by atoms with van der Waals surface area (Å²) in [7, 11) is 0. The van der Waals surface area contributed by atoms with E-state index in [1.807, 2.05) is 26.0 Å². The van der Waals surface area contributed by atoms with Gasteiger partial charge in [-0.3, -0.25) is 9.79 Å². The number of rotatable bonds is 6. The molecule has 3 aromatic rings. The van der Waals surface area contributed by atoms with Crippen molar-refractivity contribution in [2.75, 3.05) is 6.54 Å². The van der Waals surface area contributed by atoms with Gasteiger partial charge in [-0.15, -0.1) is 0 Å². The van der Waals surface area contributed by atoms with E-state index in [9.17, 15) is 30.0 Å². The number of aromatic nitrogens is 1. The molecule has 0 bridgehead atoms. The maximum absolute atomic E-state index is 12.6. The molecule has 3 rings (SSSR count). The van der Waals surface area contributed by atoms with Crippen LogP contribution in [0.25, 0.3) is 5.69 Å². The van der Waals surface area contributed by atoms with Gasteiger partial charge >= 0.3 is 5.97 Å². The molecule has 0 fully saturated rings. The van der Waals surface area contributed by atoms with Crippen molar-refractivity contribution in [3.63, 3.8) is 0 Å². The van der Waals surface area contributed by atoms with Crippen molar-refractivity contribution in [3.8, 4) is 22.9 Å². The largest absolute Gasteiger partial charge is 0.504 e. The van der Waals surface area contributed by atoms with Crippen molar-refractivity contribution >= 4 is 18.0 Å². The molecule has 154 valence electrons. The number of aromatic hydroxyl groups is 3. The van der Waals surface area contributed by atoms with Crippen LogP contribution in [0, 0.1) is 13.8 Å². The van der Waals surface area contributed by atoms with Crippen LogP contribution in [0.15, 0.2) is 47.5 Å². The lowest BCUT2D eigenvalue weighted by atomic mass is 10.0. The van der Waals surface area contributed by atoms with E-state index in [-0.39, 0.29) is 29.0 Å². The first-order chi connectivity index (χ1) is 14.2. The summed E-state index contributed by atoms with van der Waals surface area (Å²) in [5.41, 5.74) is 2.55. The second kappa shape index (κ2) is 8.12. The highest BCUT2D eigenvalue weighted by Gasteiger charge is 2.17. The van der Waals surface area contributed by atoms with Crippen molar-refractivity contribution in [2.24, 2.45) is 4.99 Å². The van der Waals surface area contributed by atoms with Gasteiger partial charge in [-0.1, -0.05) is 6.07 Å². The Hall–Kier alpha value is -4.07. The minimum Gasteiger partial charge on any atom is -0.504 e. The molecule has 0 aliphatic rings. The Labute approximate surface area is 172 Å². The predicted octanol–water partition coefficient (Wildman–Crippen LogP) is 3.21. The number of benzene rings is 2. The lowest BCUT2D eigenvalue weighted by Gasteiger charge is -2.14. The maximum atomic E-state index is 12.6. The van der Waals surface area contributed by atoms with E-state index in [0.29, 0.717) is 5.69 Å². The predicted molar refractivity (Wildman–Crippen MR) is 110 cm³/mol. The summed E-state index contributed by atoms with van der Waals surface area (Å²) >= 11 is 0. The Morgan fingerprint density at radius 1 is 0.967 bits per heavy atom. The Morgan fingerprint density at radius 3 is 2.27 bits per heavy atom. The molecule has 0 aliphatic carbocycles. The van der Waals surface area contributed by atoms with E-state index in [1.54, 1.807) is 4.57 Å². The molecule has 1 heterocycles. The summed E-state index contributed by atoms with van der Waals surface area (Å²) in [6, 6.07) is 10.6. The van der Waals surface area contributed by atoms with Gasteiger partial charge in [0.15, 0.2) is 17.3 Å². The molecule has 0 spiro atoms. The molecular formula is C22H20N2O6. The third-order valence-corrected chi connectivity index (χ3v) is 4.69. The first kappa shape index (κ1) is 20.7. The normalized spacial score (nSPS) is 11.1. The summed E-state index contributed by atoms with van der Waals surface area (Å²) in [6.07, 6.45) is 1.21.